The van der Waals surface area contributed by atoms with Gasteiger partial charge in [-0.05, 0) is 24.1 Å². The van der Waals surface area contributed by atoms with E-state index in [2.05, 4.69) is 0 Å². The van der Waals surface area contributed by atoms with E-state index in [4.69, 9.17) is 5.11 Å². The van der Waals surface area contributed by atoms with Gasteiger partial charge in [0, 0.05) is 5.56 Å². The zero-order valence-corrected chi connectivity index (χ0v) is 7.57. The third-order valence-corrected chi connectivity index (χ3v) is 2.05. The fraction of sp³-hybridized carbons (Fsp3) is 0.400. The Bertz CT molecular complexity index is 283. The minimum absolute atomic E-state index is 0.0644. The predicted molar refractivity (Wildman–Crippen MR) is 49.3 cm³/mol. The zero-order valence-electron chi connectivity index (χ0n) is 7.57. The Morgan fingerprint density at radius 2 is 2.08 bits per heavy atom. The lowest BCUT2D eigenvalue weighted by atomic mass is 10.0. The van der Waals surface area contributed by atoms with Crippen LogP contribution in [0.4, 0.5) is 0 Å². The van der Waals surface area contributed by atoms with E-state index in [1.165, 1.54) is 6.07 Å². The highest BCUT2D eigenvalue weighted by Crippen LogP contribution is 2.23. The third-order valence-electron chi connectivity index (χ3n) is 2.05. The average Bonchev–Trinajstić information content (AvgIpc) is 2.17. The van der Waals surface area contributed by atoms with Gasteiger partial charge in [-0.15, -0.1) is 0 Å². The summed E-state index contributed by atoms with van der Waals surface area (Å²) in [6, 6.07) is 4.76. The summed E-state index contributed by atoms with van der Waals surface area (Å²) >= 11 is 0. The minimum atomic E-state index is -0.522. The molecule has 1 rings (SSSR count). The van der Waals surface area contributed by atoms with Crippen LogP contribution in [0.1, 0.15) is 30.6 Å². The minimum Gasteiger partial charge on any atom is -0.508 e. The van der Waals surface area contributed by atoms with Crippen LogP contribution in [-0.4, -0.2) is 15.3 Å². The molecule has 0 saturated carbocycles. The molecule has 0 bridgehead atoms. The van der Waals surface area contributed by atoms with Crippen molar-refractivity contribution in [1.82, 2.24) is 0 Å². The molecule has 0 amide bonds. The van der Waals surface area contributed by atoms with E-state index >= 15 is 0 Å². The first kappa shape index (κ1) is 10.0. The van der Waals surface area contributed by atoms with Gasteiger partial charge in [-0.25, -0.2) is 0 Å². The second-order valence-corrected chi connectivity index (χ2v) is 2.97. The van der Waals surface area contributed by atoms with Gasteiger partial charge in [0.05, 0.1) is 12.7 Å². The molecule has 3 nitrogen and oxygen atoms in total. The Kier molecular flexibility index (Phi) is 3.28. The molecule has 1 aromatic rings. The first-order valence-electron chi connectivity index (χ1n) is 4.29. The molecular weight excluding hydrogens is 168 g/mol. The molecule has 0 radical (unpaired) electrons. The van der Waals surface area contributed by atoms with Crippen LogP contribution in [0.2, 0.25) is 0 Å². The summed E-state index contributed by atoms with van der Waals surface area (Å²) in [5.41, 5.74) is 1.18. The largest absolute Gasteiger partial charge is 0.508 e. The Morgan fingerprint density at radius 1 is 1.38 bits per heavy atom. The van der Waals surface area contributed by atoms with Gasteiger partial charge in [0.25, 0.3) is 0 Å². The number of phenols is 1. The lowest BCUT2D eigenvalue weighted by molar-refractivity contribution is 0.173. The van der Waals surface area contributed by atoms with Crippen molar-refractivity contribution in [2.24, 2.45) is 0 Å². The van der Waals surface area contributed by atoms with Crippen molar-refractivity contribution in [3.05, 3.63) is 29.3 Å². The number of aliphatic hydroxyl groups excluding tert-OH is 2. The Hall–Kier alpha value is -1.06. The van der Waals surface area contributed by atoms with Gasteiger partial charge in [0.15, 0.2) is 0 Å². The van der Waals surface area contributed by atoms with Gasteiger partial charge in [0.1, 0.15) is 5.75 Å². The number of hydrogen-bond acceptors (Lipinski definition) is 3. The molecule has 72 valence electrons. The molecule has 0 aliphatic rings. The average molecular weight is 182 g/mol. The van der Waals surface area contributed by atoms with Crippen molar-refractivity contribution in [3.8, 4) is 5.75 Å². The van der Waals surface area contributed by atoms with Crippen molar-refractivity contribution in [1.29, 1.82) is 0 Å². The van der Waals surface area contributed by atoms with Crippen LogP contribution in [-0.2, 0) is 6.61 Å². The SMILES string of the molecule is CCC(O)c1ccc(O)c(CO)c1. The lowest BCUT2D eigenvalue weighted by Gasteiger charge is -2.10. The first-order chi connectivity index (χ1) is 6.19. The highest BCUT2D eigenvalue weighted by atomic mass is 16.3. The molecule has 3 N–H and O–H groups in total. The standard InChI is InChI=1S/C10H14O3/c1-2-9(12)7-3-4-10(13)8(5-7)6-11/h3-5,9,11-13H,2,6H2,1H3. The van der Waals surface area contributed by atoms with Gasteiger partial charge >= 0.3 is 0 Å². The molecule has 0 heterocycles. The summed E-state index contributed by atoms with van der Waals surface area (Å²) in [4.78, 5) is 0. The third kappa shape index (κ3) is 2.20. The maximum absolute atomic E-state index is 9.48. The summed E-state index contributed by atoms with van der Waals surface area (Å²) in [5.74, 6) is 0.0644. The van der Waals surface area contributed by atoms with Gasteiger partial charge in [-0.2, -0.15) is 0 Å². The van der Waals surface area contributed by atoms with E-state index in [1.807, 2.05) is 6.92 Å². The molecule has 0 saturated heterocycles. The molecule has 0 aromatic heterocycles. The van der Waals surface area contributed by atoms with E-state index in [1.54, 1.807) is 12.1 Å². The quantitative estimate of drug-likeness (QED) is 0.660. The van der Waals surface area contributed by atoms with E-state index in [0.29, 0.717) is 12.0 Å². The highest BCUT2D eigenvalue weighted by molar-refractivity contribution is 5.36. The van der Waals surface area contributed by atoms with E-state index in [9.17, 15) is 10.2 Å². The van der Waals surface area contributed by atoms with Crippen LogP contribution in [0.15, 0.2) is 18.2 Å². The summed E-state index contributed by atoms with van der Waals surface area (Å²) in [7, 11) is 0. The Morgan fingerprint density at radius 3 is 2.62 bits per heavy atom. The molecule has 0 spiro atoms. The first-order valence-corrected chi connectivity index (χ1v) is 4.29. The number of benzene rings is 1. The number of rotatable bonds is 3. The number of hydrogen-bond donors (Lipinski definition) is 3. The van der Waals surface area contributed by atoms with Gasteiger partial charge in [-0.3, -0.25) is 0 Å². The van der Waals surface area contributed by atoms with E-state index in [0.717, 1.165) is 5.56 Å². The summed E-state index contributed by atoms with van der Waals surface area (Å²) < 4.78 is 0. The molecular formula is C10H14O3. The normalized spacial score (nSPS) is 12.8. The van der Waals surface area contributed by atoms with Gasteiger partial charge < -0.3 is 15.3 Å². The lowest BCUT2D eigenvalue weighted by Crippen LogP contribution is -1.96. The monoisotopic (exact) mass is 182 g/mol. The number of aliphatic hydroxyl groups is 2. The highest BCUT2D eigenvalue weighted by Gasteiger charge is 2.07. The van der Waals surface area contributed by atoms with Crippen molar-refractivity contribution in [3.63, 3.8) is 0 Å². The van der Waals surface area contributed by atoms with Crippen LogP contribution in [0.3, 0.4) is 0 Å². The van der Waals surface area contributed by atoms with Crippen LogP contribution >= 0.6 is 0 Å². The fourth-order valence-corrected chi connectivity index (χ4v) is 1.18. The molecule has 0 aliphatic heterocycles. The molecule has 13 heavy (non-hydrogen) atoms. The van der Waals surface area contributed by atoms with Gasteiger partial charge in [-0.1, -0.05) is 13.0 Å². The smallest absolute Gasteiger partial charge is 0.121 e. The van der Waals surface area contributed by atoms with Crippen LogP contribution in [0.5, 0.6) is 5.75 Å². The fourth-order valence-electron chi connectivity index (χ4n) is 1.18. The second-order valence-electron chi connectivity index (χ2n) is 2.97. The second kappa shape index (κ2) is 4.25. The molecule has 0 aliphatic carbocycles. The number of aromatic hydroxyl groups is 1. The van der Waals surface area contributed by atoms with Crippen molar-refractivity contribution < 1.29 is 15.3 Å². The van der Waals surface area contributed by atoms with Crippen molar-refractivity contribution in [2.75, 3.05) is 0 Å². The maximum atomic E-state index is 9.48. The Labute approximate surface area is 77.3 Å². The van der Waals surface area contributed by atoms with Crippen molar-refractivity contribution in [2.45, 2.75) is 26.1 Å². The predicted octanol–water partition coefficient (Wildman–Crippen LogP) is 1.33. The maximum Gasteiger partial charge on any atom is 0.121 e. The van der Waals surface area contributed by atoms with Crippen LogP contribution < -0.4 is 0 Å². The summed E-state index contributed by atoms with van der Waals surface area (Å²) in [6.07, 6.45) is 0.0984. The van der Waals surface area contributed by atoms with Gasteiger partial charge in [0.2, 0.25) is 0 Å². The van der Waals surface area contributed by atoms with Crippen LogP contribution in [0.25, 0.3) is 0 Å². The van der Waals surface area contributed by atoms with Crippen LogP contribution in [0, 0.1) is 0 Å². The van der Waals surface area contributed by atoms with E-state index < -0.39 is 6.10 Å². The topological polar surface area (TPSA) is 60.7 Å². The summed E-state index contributed by atoms with van der Waals surface area (Å²) in [5, 5.41) is 27.6. The zero-order chi connectivity index (χ0) is 9.84. The Balaban J connectivity index is 2.99. The molecule has 0 fully saturated rings. The summed E-state index contributed by atoms with van der Waals surface area (Å²) in [6.45, 7) is 1.66. The molecule has 1 aromatic carbocycles. The molecule has 1 atom stereocenters. The molecule has 3 heteroatoms. The molecule has 1 unspecified atom stereocenters. The van der Waals surface area contributed by atoms with E-state index in [-0.39, 0.29) is 12.4 Å². The van der Waals surface area contributed by atoms with Crippen molar-refractivity contribution >= 4 is 0 Å².